The normalized spacial score (nSPS) is 14.5. The maximum atomic E-state index is 11.4. The minimum absolute atomic E-state index is 0.0708. The molecule has 0 aliphatic rings. The molecule has 2 aromatic rings. The van der Waals surface area contributed by atoms with E-state index in [1.807, 2.05) is 26.8 Å². The number of nitrogens with one attached hydrogen (secondary N) is 2. The lowest BCUT2D eigenvalue weighted by molar-refractivity contribution is 0.126. The summed E-state index contributed by atoms with van der Waals surface area (Å²) in [5.74, 6) is 0. The zero-order chi connectivity index (χ0) is 16.3. The maximum absolute atomic E-state index is 11.4. The molecule has 2 unspecified atom stereocenters. The summed E-state index contributed by atoms with van der Waals surface area (Å²) in [6.07, 6.45) is 1.31. The number of aliphatic hydroxyl groups is 1. The van der Waals surface area contributed by atoms with Gasteiger partial charge in [0.25, 0.3) is 0 Å². The zero-order valence-electron chi connectivity index (χ0n) is 13.2. The Morgan fingerprint density at radius 2 is 2.05 bits per heavy atom. The Bertz CT molecular complexity index is 697. The number of aryl methyl sites for hydroxylation is 2. The first-order valence-corrected chi connectivity index (χ1v) is 8.82. The quantitative estimate of drug-likeness (QED) is 0.387. The Labute approximate surface area is 144 Å². The largest absolute Gasteiger partial charge is 0.377 e. The Hall–Kier alpha value is -0.920. The topological polar surface area (TPSA) is 65.1 Å². The number of H-pyrrole nitrogens is 1. The molecule has 0 aliphatic heterocycles. The molecule has 0 radical (unpaired) electrons. The second kappa shape index (κ2) is 7.57. The molecule has 4 nitrogen and oxygen atoms in total. The fraction of sp³-hybridized carbons (Fsp3) is 0.471. The van der Waals surface area contributed by atoms with Crippen LogP contribution in [0, 0.1) is 6.92 Å². The van der Waals surface area contributed by atoms with Crippen molar-refractivity contribution in [1.82, 2.24) is 10.3 Å². The summed E-state index contributed by atoms with van der Waals surface area (Å²) in [6.45, 7) is 6.07. The molecule has 0 saturated heterocycles. The van der Waals surface area contributed by atoms with Gasteiger partial charge in [-0.05, 0) is 62.3 Å². The van der Waals surface area contributed by atoms with Crippen molar-refractivity contribution in [2.45, 2.75) is 49.8 Å². The summed E-state index contributed by atoms with van der Waals surface area (Å²) in [5.41, 5.74) is 3.15. The van der Waals surface area contributed by atoms with E-state index in [9.17, 15) is 9.90 Å². The van der Waals surface area contributed by atoms with E-state index in [-0.39, 0.29) is 15.5 Å². The molecular weight excluding hydrogens is 391 g/mol. The van der Waals surface area contributed by atoms with Crippen LogP contribution in [0.1, 0.15) is 31.4 Å². The van der Waals surface area contributed by atoms with E-state index in [0.29, 0.717) is 0 Å². The molecule has 3 N–H and O–H groups in total. The number of aromatic amines is 1. The highest BCUT2D eigenvalue weighted by Crippen LogP contribution is 2.20. The van der Waals surface area contributed by atoms with Crippen LogP contribution in [0.2, 0.25) is 0 Å². The van der Waals surface area contributed by atoms with Gasteiger partial charge < -0.3 is 10.1 Å². The van der Waals surface area contributed by atoms with Crippen LogP contribution < -0.4 is 10.9 Å². The van der Waals surface area contributed by atoms with Crippen LogP contribution in [0.25, 0.3) is 10.9 Å². The van der Waals surface area contributed by atoms with Gasteiger partial charge in [0.2, 0.25) is 5.56 Å². The number of hydrogen-bond acceptors (Lipinski definition) is 3. The molecule has 0 saturated carbocycles. The van der Waals surface area contributed by atoms with Crippen LogP contribution in [-0.4, -0.2) is 26.3 Å². The van der Waals surface area contributed by atoms with Crippen LogP contribution >= 0.6 is 22.6 Å². The number of alkyl halides is 1. The number of hydrogen-bond donors (Lipinski definition) is 3. The standard InChI is InChI=1S/C17H23IN2O2/c1-10(2)19-17(22)14(18)6-4-12-8-11(3)16-13(9-12)5-7-15(21)20-16/h5,7-10,14,17,19,22H,4,6H2,1-3H3,(H,20,21). The maximum Gasteiger partial charge on any atom is 0.248 e. The average Bonchev–Trinajstić information content (AvgIpc) is 2.44. The van der Waals surface area contributed by atoms with Crippen molar-refractivity contribution in [1.29, 1.82) is 0 Å². The molecule has 1 aromatic heterocycles. The van der Waals surface area contributed by atoms with Crippen LogP contribution in [0.3, 0.4) is 0 Å². The van der Waals surface area contributed by atoms with Gasteiger partial charge in [-0.15, -0.1) is 0 Å². The van der Waals surface area contributed by atoms with Gasteiger partial charge in [-0.2, -0.15) is 0 Å². The first-order valence-electron chi connectivity index (χ1n) is 7.57. The highest BCUT2D eigenvalue weighted by Gasteiger charge is 2.16. The van der Waals surface area contributed by atoms with E-state index < -0.39 is 6.23 Å². The van der Waals surface area contributed by atoms with Gasteiger partial charge in [0, 0.05) is 12.1 Å². The van der Waals surface area contributed by atoms with Gasteiger partial charge in [-0.3, -0.25) is 10.1 Å². The molecule has 22 heavy (non-hydrogen) atoms. The number of benzene rings is 1. The third-order valence-corrected chi connectivity index (χ3v) is 4.95. The lowest BCUT2D eigenvalue weighted by Crippen LogP contribution is -2.40. The monoisotopic (exact) mass is 414 g/mol. The fourth-order valence-electron chi connectivity index (χ4n) is 2.58. The van der Waals surface area contributed by atoms with Gasteiger partial charge in [0.05, 0.1) is 9.44 Å². The molecule has 0 fully saturated rings. The molecule has 0 aliphatic carbocycles. The highest BCUT2D eigenvalue weighted by molar-refractivity contribution is 14.1. The second-order valence-corrected chi connectivity index (χ2v) is 7.62. The fourth-order valence-corrected chi connectivity index (χ4v) is 3.10. The number of pyridine rings is 1. The van der Waals surface area contributed by atoms with Crippen molar-refractivity contribution in [2.75, 3.05) is 0 Å². The second-order valence-electron chi connectivity index (χ2n) is 6.02. The summed E-state index contributed by atoms with van der Waals surface area (Å²) in [5, 5.41) is 14.3. The third kappa shape index (κ3) is 4.54. The Kier molecular flexibility index (Phi) is 6.00. The van der Waals surface area contributed by atoms with E-state index in [0.717, 1.165) is 29.3 Å². The molecule has 120 valence electrons. The third-order valence-electron chi connectivity index (χ3n) is 3.64. The summed E-state index contributed by atoms with van der Waals surface area (Å²) in [4.78, 5) is 14.3. The number of fused-ring (bicyclic) bond motifs is 1. The predicted molar refractivity (Wildman–Crippen MR) is 99.7 cm³/mol. The summed E-state index contributed by atoms with van der Waals surface area (Å²) in [7, 11) is 0. The van der Waals surface area contributed by atoms with Crippen molar-refractivity contribution < 1.29 is 5.11 Å². The number of rotatable bonds is 6. The lowest BCUT2D eigenvalue weighted by atomic mass is 10.0. The van der Waals surface area contributed by atoms with Crippen molar-refractivity contribution in [3.05, 3.63) is 45.7 Å². The molecular formula is C17H23IN2O2. The van der Waals surface area contributed by atoms with E-state index >= 15 is 0 Å². The molecule has 2 atom stereocenters. The van der Waals surface area contributed by atoms with Crippen molar-refractivity contribution in [3.63, 3.8) is 0 Å². The smallest absolute Gasteiger partial charge is 0.248 e. The van der Waals surface area contributed by atoms with Crippen LogP contribution in [0.5, 0.6) is 0 Å². The minimum atomic E-state index is -0.487. The van der Waals surface area contributed by atoms with Gasteiger partial charge in [0.15, 0.2) is 0 Å². The average molecular weight is 414 g/mol. The number of aromatic nitrogens is 1. The number of halogens is 1. The Balaban J connectivity index is 2.09. The summed E-state index contributed by atoms with van der Waals surface area (Å²) in [6, 6.07) is 7.92. The highest BCUT2D eigenvalue weighted by atomic mass is 127. The lowest BCUT2D eigenvalue weighted by Gasteiger charge is -2.21. The molecule has 0 spiro atoms. The molecule has 1 aromatic carbocycles. The first kappa shape index (κ1) is 17.4. The molecule has 0 amide bonds. The molecule has 5 heteroatoms. The molecule has 0 bridgehead atoms. The van der Waals surface area contributed by atoms with E-state index in [1.54, 1.807) is 6.07 Å². The van der Waals surface area contributed by atoms with E-state index in [2.05, 4.69) is 45.0 Å². The SMILES string of the molecule is Cc1cc(CCC(I)C(O)NC(C)C)cc2ccc(=O)[nH]c12. The minimum Gasteiger partial charge on any atom is -0.377 e. The van der Waals surface area contributed by atoms with Crippen LogP contribution in [0.15, 0.2) is 29.1 Å². The van der Waals surface area contributed by atoms with E-state index in [1.165, 1.54) is 5.56 Å². The predicted octanol–water partition coefficient (Wildman–Crippen LogP) is 2.89. The van der Waals surface area contributed by atoms with Crippen molar-refractivity contribution >= 4 is 33.5 Å². The van der Waals surface area contributed by atoms with Crippen molar-refractivity contribution in [3.8, 4) is 0 Å². The van der Waals surface area contributed by atoms with Gasteiger partial charge in [-0.25, -0.2) is 0 Å². The van der Waals surface area contributed by atoms with Gasteiger partial charge >= 0.3 is 0 Å². The number of aliphatic hydroxyl groups excluding tert-OH is 1. The van der Waals surface area contributed by atoms with E-state index in [4.69, 9.17) is 0 Å². The summed E-state index contributed by atoms with van der Waals surface area (Å²) >= 11 is 2.30. The molecule has 1 heterocycles. The van der Waals surface area contributed by atoms with Gasteiger partial charge in [-0.1, -0.05) is 28.7 Å². The Morgan fingerprint density at radius 1 is 1.32 bits per heavy atom. The van der Waals surface area contributed by atoms with Crippen LogP contribution in [-0.2, 0) is 6.42 Å². The van der Waals surface area contributed by atoms with Crippen molar-refractivity contribution in [2.24, 2.45) is 0 Å². The van der Waals surface area contributed by atoms with Crippen LogP contribution in [0.4, 0.5) is 0 Å². The first-order chi connectivity index (χ1) is 10.4. The Morgan fingerprint density at radius 3 is 2.73 bits per heavy atom. The van der Waals surface area contributed by atoms with Gasteiger partial charge in [0.1, 0.15) is 6.23 Å². The zero-order valence-corrected chi connectivity index (χ0v) is 15.3. The molecule has 2 rings (SSSR count). The summed E-state index contributed by atoms with van der Waals surface area (Å²) < 4.78 is 0.159.